The van der Waals surface area contributed by atoms with E-state index in [-0.39, 0.29) is 42.3 Å². The molecule has 2 aromatic rings. The van der Waals surface area contributed by atoms with Crippen LogP contribution in [0.1, 0.15) is 51.7 Å². The van der Waals surface area contributed by atoms with Gasteiger partial charge in [0.05, 0.1) is 30.1 Å². The number of carbonyl (C=O) groups excluding carboxylic acids is 3. The zero-order valence-electron chi connectivity index (χ0n) is 20.9. The number of aromatic amines is 1. The van der Waals surface area contributed by atoms with Crippen LogP contribution < -0.4 is 0 Å². The van der Waals surface area contributed by atoms with Crippen molar-refractivity contribution in [1.29, 1.82) is 0 Å². The molecule has 2 heterocycles. The first-order chi connectivity index (χ1) is 16.3. The number of aromatic nitrogens is 2. The molecule has 3 rings (SSSR count). The van der Waals surface area contributed by atoms with Crippen LogP contribution in [0.2, 0.25) is 0 Å². The minimum absolute atomic E-state index is 0.0479. The standard InChI is InChI=1S/C24H32F2N4O5/c1-13(2)10-30(21(31)20-27-18-8-16(25)17(26)9-19(18)28-20)15-7-14(22(32)34-6)11-29(12-15)23(33)35-24(3,4)5/h8-9,13-15H,7,10-12H2,1-6H3,(H,27,28)/t14-,15+/m1/s1. The van der Waals surface area contributed by atoms with Crippen molar-refractivity contribution in [1.82, 2.24) is 19.8 Å². The lowest BCUT2D eigenvalue weighted by Crippen LogP contribution is -2.57. The van der Waals surface area contributed by atoms with Gasteiger partial charge in [0, 0.05) is 31.8 Å². The van der Waals surface area contributed by atoms with Gasteiger partial charge in [0.25, 0.3) is 5.91 Å². The van der Waals surface area contributed by atoms with Crippen molar-refractivity contribution in [2.24, 2.45) is 11.8 Å². The smallest absolute Gasteiger partial charge is 0.410 e. The van der Waals surface area contributed by atoms with Crippen LogP contribution in [-0.4, -0.2) is 76.1 Å². The number of benzene rings is 1. The van der Waals surface area contributed by atoms with E-state index in [9.17, 15) is 23.2 Å². The van der Waals surface area contributed by atoms with Gasteiger partial charge in [-0.15, -0.1) is 0 Å². The molecule has 1 aliphatic heterocycles. The number of nitrogens with one attached hydrogen (secondary N) is 1. The molecule has 0 saturated carbocycles. The summed E-state index contributed by atoms with van der Waals surface area (Å²) >= 11 is 0. The van der Waals surface area contributed by atoms with Crippen LogP contribution in [0.15, 0.2) is 12.1 Å². The summed E-state index contributed by atoms with van der Waals surface area (Å²) in [6.07, 6.45) is -0.323. The Bertz CT molecular complexity index is 1070. The first-order valence-electron chi connectivity index (χ1n) is 11.5. The number of esters is 1. The summed E-state index contributed by atoms with van der Waals surface area (Å²) in [5.74, 6) is -3.82. The maximum absolute atomic E-state index is 13.7. The van der Waals surface area contributed by atoms with Gasteiger partial charge in [-0.2, -0.15) is 0 Å². The predicted octanol–water partition coefficient (Wildman–Crippen LogP) is 3.74. The number of nitrogens with zero attached hydrogens (tertiary/aromatic N) is 3. The third-order valence-electron chi connectivity index (χ3n) is 5.60. The minimum Gasteiger partial charge on any atom is -0.469 e. The molecule has 1 fully saturated rings. The first kappa shape index (κ1) is 26.4. The van der Waals surface area contributed by atoms with E-state index in [1.54, 1.807) is 25.7 Å². The second-order valence-electron chi connectivity index (χ2n) is 10.2. The number of piperidine rings is 1. The molecule has 0 radical (unpaired) electrons. The molecule has 0 spiro atoms. The van der Waals surface area contributed by atoms with E-state index in [2.05, 4.69) is 9.97 Å². The van der Waals surface area contributed by atoms with Gasteiger partial charge in [-0.05, 0) is 33.1 Å². The van der Waals surface area contributed by atoms with Crippen molar-refractivity contribution in [3.8, 4) is 0 Å². The molecule has 1 N–H and O–H groups in total. The fraction of sp³-hybridized carbons (Fsp3) is 0.583. The molecular formula is C24H32F2N4O5. The number of halogens is 2. The van der Waals surface area contributed by atoms with Crippen LogP contribution in [0.4, 0.5) is 13.6 Å². The van der Waals surface area contributed by atoms with E-state index >= 15 is 0 Å². The summed E-state index contributed by atoms with van der Waals surface area (Å²) in [5.41, 5.74) is -0.441. The van der Waals surface area contributed by atoms with E-state index in [0.29, 0.717) is 6.54 Å². The Morgan fingerprint density at radius 1 is 1.20 bits per heavy atom. The number of hydrogen-bond acceptors (Lipinski definition) is 6. The van der Waals surface area contributed by atoms with E-state index in [1.807, 2.05) is 13.8 Å². The van der Waals surface area contributed by atoms with Gasteiger partial charge in [-0.25, -0.2) is 18.6 Å². The SMILES string of the molecule is COC(=O)[C@@H]1C[C@H](N(CC(C)C)C(=O)c2nc3cc(F)c(F)cc3[nH]2)CN(C(=O)OC(C)(C)C)C1. The quantitative estimate of drug-likeness (QED) is 0.635. The third kappa shape index (κ3) is 6.26. The molecule has 0 unspecified atom stereocenters. The summed E-state index contributed by atoms with van der Waals surface area (Å²) < 4.78 is 37.7. The molecule has 1 saturated heterocycles. The number of likely N-dealkylation sites (tertiary alicyclic amines) is 1. The molecule has 1 aromatic carbocycles. The zero-order valence-corrected chi connectivity index (χ0v) is 20.9. The summed E-state index contributed by atoms with van der Waals surface area (Å²) in [7, 11) is 1.27. The van der Waals surface area contributed by atoms with Crippen molar-refractivity contribution in [3.63, 3.8) is 0 Å². The van der Waals surface area contributed by atoms with Gasteiger partial charge >= 0.3 is 12.1 Å². The lowest BCUT2D eigenvalue weighted by Gasteiger charge is -2.42. The van der Waals surface area contributed by atoms with E-state index < -0.39 is 47.2 Å². The summed E-state index contributed by atoms with van der Waals surface area (Å²) in [5, 5.41) is 0. The Labute approximate surface area is 202 Å². The second kappa shape index (κ2) is 10.2. The highest BCUT2D eigenvalue weighted by Gasteiger charge is 2.40. The molecule has 2 atom stereocenters. The lowest BCUT2D eigenvalue weighted by atomic mass is 9.92. The molecule has 11 heteroatoms. The molecule has 9 nitrogen and oxygen atoms in total. The number of carbonyl (C=O) groups is 3. The van der Waals surface area contributed by atoms with Gasteiger partial charge in [0.1, 0.15) is 5.60 Å². The first-order valence-corrected chi connectivity index (χ1v) is 11.5. The Balaban J connectivity index is 1.95. The van der Waals surface area contributed by atoms with Crippen molar-refractivity contribution in [2.75, 3.05) is 26.7 Å². The van der Waals surface area contributed by atoms with Crippen LogP contribution in [0.25, 0.3) is 11.0 Å². The third-order valence-corrected chi connectivity index (χ3v) is 5.60. The van der Waals surface area contributed by atoms with Gasteiger partial charge < -0.3 is 24.3 Å². The van der Waals surface area contributed by atoms with E-state index in [0.717, 1.165) is 12.1 Å². The topological polar surface area (TPSA) is 105 Å². The Kier molecular flexibility index (Phi) is 7.66. The van der Waals surface area contributed by atoms with Crippen LogP contribution in [0.3, 0.4) is 0 Å². The molecular weight excluding hydrogens is 462 g/mol. The van der Waals surface area contributed by atoms with Crippen molar-refractivity contribution < 1.29 is 32.6 Å². The monoisotopic (exact) mass is 494 g/mol. The van der Waals surface area contributed by atoms with E-state index in [1.165, 1.54) is 12.0 Å². The number of methoxy groups -OCH3 is 1. The molecule has 192 valence electrons. The molecule has 0 aliphatic carbocycles. The van der Waals surface area contributed by atoms with Crippen LogP contribution >= 0.6 is 0 Å². The number of amides is 2. The molecule has 2 amide bonds. The zero-order chi connectivity index (χ0) is 26.1. The Morgan fingerprint density at radius 3 is 2.46 bits per heavy atom. The van der Waals surface area contributed by atoms with E-state index in [4.69, 9.17) is 9.47 Å². The molecule has 0 bridgehead atoms. The number of fused-ring (bicyclic) bond motifs is 1. The fourth-order valence-corrected chi connectivity index (χ4v) is 4.14. The average Bonchev–Trinajstić information content (AvgIpc) is 3.17. The summed E-state index contributed by atoms with van der Waals surface area (Å²) in [6.45, 7) is 9.63. The number of imidazole rings is 1. The highest BCUT2D eigenvalue weighted by Crippen LogP contribution is 2.26. The van der Waals surface area contributed by atoms with Crippen molar-refractivity contribution in [3.05, 3.63) is 29.6 Å². The highest BCUT2D eigenvalue weighted by atomic mass is 19.2. The summed E-state index contributed by atoms with van der Waals surface area (Å²) in [4.78, 5) is 48.7. The number of rotatable bonds is 5. The number of ether oxygens (including phenoxy) is 2. The average molecular weight is 495 g/mol. The van der Waals surface area contributed by atoms with Gasteiger partial charge in [-0.3, -0.25) is 9.59 Å². The number of H-pyrrole nitrogens is 1. The van der Waals surface area contributed by atoms with Crippen LogP contribution in [-0.2, 0) is 14.3 Å². The largest absolute Gasteiger partial charge is 0.469 e. The minimum atomic E-state index is -1.07. The maximum Gasteiger partial charge on any atom is 0.410 e. The van der Waals surface area contributed by atoms with Crippen LogP contribution in [0, 0.1) is 23.5 Å². The molecule has 1 aliphatic rings. The lowest BCUT2D eigenvalue weighted by molar-refractivity contribution is -0.148. The van der Waals surface area contributed by atoms with Gasteiger partial charge in [0.15, 0.2) is 17.5 Å². The Morgan fingerprint density at radius 2 is 1.86 bits per heavy atom. The van der Waals surface area contributed by atoms with Crippen molar-refractivity contribution >= 4 is 29.0 Å². The highest BCUT2D eigenvalue weighted by molar-refractivity contribution is 5.94. The fourth-order valence-electron chi connectivity index (χ4n) is 4.14. The van der Waals surface area contributed by atoms with Crippen LogP contribution in [0.5, 0.6) is 0 Å². The maximum atomic E-state index is 13.7. The Hall–Kier alpha value is -3.24. The molecule has 1 aromatic heterocycles. The number of hydrogen-bond donors (Lipinski definition) is 1. The van der Waals surface area contributed by atoms with Gasteiger partial charge in [-0.1, -0.05) is 13.8 Å². The molecule has 35 heavy (non-hydrogen) atoms. The van der Waals surface area contributed by atoms with Gasteiger partial charge in [0.2, 0.25) is 0 Å². The summed E-state index contributed by atoms with van der Waals surface area (Å²) in [6, 6.07) is 1.32. The van der Waals surface area contributed by atoms with Crippen molar-refractivity contribution in [2.45, 2.75) is 52.7 Å². The normalized spacial score (nSPS) is 18.6. The second-order valence-corrected chi connectivity index (χ2v) is 10.2. The predicted molar refractivity (Wildman–Crippen MR) is 124 cm³/mol.